The maximum Gasteiger partial charge on any atom is 0.354 e. The second-order valence-corrected chi connectivity index (χ2v) is 5.19. The lowest BCUT2D eigenvalue weighted by atomic mass is 10.3. The fourth-order valence-electron chi connectivity index (χ4n) is 1.60. The van der Waals surface area contributed by atoms with E-state index in [0.29, 0.717) is 17.3 Å². The third-order valence-corrected chi connectivity index (χ3v) is 3.36. The van der Waals surface area contributed by atoms with Gasteiger partial charge in [-0.15, -0.1) is 0 Å². The van der Waals surface area contributed by atoms with E-state index < -0.39 is 0 Å². The number of carbonyl (C=O) groups excluding carboxylic acids is 1. The lowest BCUT2D eigenvalue weighted by molar-refractivity contribution is 0.0594. The summed E-state index contributed by atoms with van der Waals surface area (Å²) in [6.45, 7) is 0.540. The number of hydrogen-bond donors (Lipinski definition) is 2. The lowest BCUT2D eigenvalue weighted by Crippen LogP contribution is -2.04. The molecule has 2 aromatic rings. The number of hydrogen-bond acceptors (Lipinski definition) is 3. The summed E-state index contributed by atoms with van der Waals surface area (Å²) in [5.41, 5.74) is 2.14. The van der Waals surface area contributed by atoms with Crippen molar-refractivity contribution in [2.24, 2.45) is 0 Å². The number of rotatable bonds is 4. The summed E-state index contributed by atoms with van der Waals surface area (Å²) in [4.78, 5) is 14.3. The van der Waals surface area contributed by atoms with Gasteiger partial charge in [0.2, 0.25) is 0 Å². The van der Waals surface area contributed by atoms with Crippen molar-refractivity contribution in [3.05, 3.63) is 51.2 Å². The first-order valence-electron chi connectivity index (χ1n) is 5.55. The third-order valence-electron chi connectivity index (χ3n) is 2.55. The highest BCUT2D eigenvalue weighted by Gasteiger charge is 2.08. The second kappa shape index (κ2) is 6.12. The van der Waals surface area contributed by atoms with E-state index in [0.717, 1.165) is 15.9 Å². The summed E-state index contributed by atoms with van der Waals surface area (Å²) in [5, 5.41) is 3.82. The summed E-state index contributed by atoms with van der Waals surface area (Å²) in [5.74, 6) is -0.382. The highest BCUT2D eigenvalue weighted by Crippen LogP contribution is 2.25. The van der Waals surface area contributed by atoms with Gasteiger partial charge in [0.1, 0.15) is 5.69 Å². The fourth-order valence-corrected chi connectivity index (χ4v) is 2.34. The van der Waals surface area contributed by atoms with Gasteiger partial charge in [-0.05, 0) is 30.3 Å². The minimum atomic E-state index is -0.382. The first-order chi connectivity index (χ1) is 9.10. The maximum absolute atomic E-state index is 11.3. The van der Waals surface area contributed by atoms with Crippen LogP contribution >= 0.6 is 27.5 Å². The molecule has 1 aromatic carbocycles. The molecule has 0 radical (unpaired) electrons. The number of ether oxygens (including phenoxy) is 1. The molecule has 0 amide bonds. The van der Waals surface area contributed by atoms with Gasteiger partial charge in [0.15, 0.2) is 0 Å². The molecule has 0 saturated carbocycles. The Labute approximate surface area is 124 Å². The minimum absolute atomic E-state index is 0.382. The van der Waals surface area contributed by atoms with Crippen molar-refractivity contribution in [2.75, 3.05) is 12.4 Å². The largest absolute Gasteiger partial charge is 0.464 e. The quantitative estimate of drug-likeness (QED) is 0.830. The van der Waals surface area contributed by atoms with E-state index >= 15 is 0 Å². The summed E-state index contributed by atoms with van der Waals surface area (Å²) in [6, 6.07) is 9.12. The SMILES string of the molecule is COC(=O)c1ccc(CNc2ccc(Br)cc2Cl)[nH]1. The number of methoxy groups -OCH3 is 1. The number of aromatic amines is 1. The van der Waals surface area contributed by atoms with Gasteiger partial charge in [-0.3, -0.25) is 0 Å². The maximum atomic E-state index is 11.3. The highest BCUT2D eigenvalue weighted by atomic mass is 79.9. The van der Waals surface area contributed by atoms with Crippen molar-refractivity contribution in [3.8, 4) is 0 Å². The molecule has 2 rings (SSSR count). The first-order valence-corrected chi connectivity index (χ1v) is 6.72. The van der Waals surface area contributed by atoms with Crippen LogP contribution in [-0.4, -0.2) is 18.1 Å². The van der Waals surface area contributed by atoms with Crippen LogP contribution in [0.3, 0.4) is 0 Å². The van der Waals surface area contributed by atoms with Gasteiger partial charge in [-0.1, -0.05) is 27.5 Å². The molecular formula is C13H12BrClN2O2. The van der Waals surface area contributed by atoms with Gasteiger partial charge in [0, 0.05) is 10.2 Å². The number of aromatic nitrogens is 1. The lowest BCUT2D eigenvalue weighted by Gasteiger charge is -2.07. The van der Waals surface area contributed by atoms with E-state index in [-0.39, 0.29) is 5.97 Å². The summed E-state index contributed by atoms with van der Waals surface area (Å²) < 4.78 is 5.55. The molecule has 100 valence electrons. The highest BCUT2D eigenvalue weighted by molar-refractivity contribution is 9.10. The van der Waals surface area contributed by atoms with Gasteiger partial charge >= 0.3 is 5.97 Å². The zero-order valence-electron chi connectivity index (χ0n) is 10.2. The van der Waals surface area contributed by atoms with E-state index in [1.54, 1.807) is 6.07 Å². The Kier molecular flexibility index (Phi) is 4.50. The normalized spacial score (nSPS) is 10.3. The minimum Gasteiger partial charge on any atom is -0.464 e. The van der Waals surface area contributed by atoms with Crippen LogP contribution in [-0.2, 0) is 11.3 Å². The molecule has 4 nitrogen and oxygen atoms in total. The Hall–Kier alpha value is -1.46. The summed E-state index contributed by atoms with van der Waals surface area (Å²) in [7, 11) is 1.35. The van der Waals surface area contributed by atoms with E-state index in [1.807, 2.05) is 24.3 Å². The van der Waals surface area contributed by atoms with Crippen LogP contribution in [0.4, 0.5) is 5.69 Å². The monoisotopic (exact) mass is 342 g/mol. The van der Waals surface area contributed by atoms with Crippen LogP contribution in [0.25, 0.3) is 0 Å². The number of anilines is 1. The molecule has 0 saturated heterocycles. The molecule has 0 fully saturated rings. The number of carbonyl (C=O) groups is 1. The van der Waals surface area contributed by atoms with Gasteiger partial charge in [-0.2, -0.15) is 0 Å². The molecule has 0 aliphatic rings. The molecule has 0 bridgehead atoms. The Balaban J connectivity index is 2.02. The van der Waals surface area contributed by atoms with Crippen LogP contribution in [0, 0.1) is 0 Å². The topological polar surface area (TPSA) is 54.1 Å². The number of halogens is 2. The predicted molar refractivity (Wildman–Crippen MR) is 78.6 cm³/mol. The van der Waals surface area contributed by atoms with Gasteiger partial charge in [0.05, 0.1) is 24.4 Å². The Morgan fingerprint density at radius 3 is 2.89 bits per heavy atom. The van der Waals surface area contributed by atoms with Crippen molar-refractivity contribution < 1.29 is 9.53 Å². The third kappa shape index (κ3) is 3.52. The molecule has 1 heterocycles. The number of esters is 1. The molecule has 0 spiro atoms. The molecule has 1 aromatic heterocycles. The van der Waals surface area contributed by atoms with Crippen molar-refractivity contribution in [1.29, 1.82) is 0 Å². The Morgan fingerprint density at radius 2 is 2.21 bits per heavy atom. The average Bonchev–Trinajstić information content (AvgIpc) is 2.85. The molecule has 2 N–H and O–H groups in total. The van der Waals surface area contributed by atoms with Crippen molar-refractivity contribution in [2.45, 2.75) is 6.54 Å². The molecule has 0 aliphatic carbocycles. The zero-order valence-corrected chi connectivity index (χ0v) is 12.5. The van der Waals surface area contributed by atoms with E-state index in [4.69, 9.17) is 11.6 Å². The predicted octanol–water partition coefficient (Wildman–Crippen LogP) is 3.83. The van der Waals surface area contributed by atoms with Crippen LogP contribution < -0.4 is 5.32 Å². The summed E-state index contributed by atoms with van der Waals surface area (Å²) >= 11 is 9.45. The molecular weight excluding hydrogens is 332 g/mol. The molecule has 6 heteroatoms. The average molecular weight is 344 g/mol. The van der Waals surface area contributed by atoms with Gasteiger partial charge in [0.25, 0.3) is 0 Å². The van der Waals surface area contributed by atoms with Gasteiger partial charge < -0.3 is 15.0 Å². The number of nitrogens with one attached hydrogen (secondary N) is 2. The number of H-pyrrole nitrogens is 1. The Bertz CT molecular complexity index is 598. The standard InChI is InChI=1S/C13H12BrClN2O2/c1-19-13(18)12-5-3-9(17-12)7-16-11-4-2-8(14)6-10(11)15/h2-6,16-17H,7H2,1H3. The van der Waals surface area contributed by atoms with E-state index in [1.165, 1.54) is 7.11 Å². The van der Waals surface area contributed by atoms with Gasteiger partial charge in [-0.25, -0.2) is 4.79 Å². The van der Waals surface area contributed by atoms with E-state index in [9.17, 15) is 4.79 Å². The van der Waals surface area contributed by atoms with Crippen molar-refractivity contribution in [1.82, 2.24) is 4.98 Å². The van der Waals surface area contributed by atoms with Crippen LogP contribution in [0.2, 0.25) is 5.02 Å². The second-order valence-electron chi connectivity index (χ2n) is 3.87. The van der Waals surface area contributed by atoms with Crippen LogP contribution in [0.15, 0.2) is 34.8 Å². The van der Waals surface area contributed by atoms with E-state index in [2.05, 4.69) is 31.0 Å². The zero-order chi connectivity index (χ0) is 13.8. The van der Waals surface area contributed by atoms with Crippen molar-refractivity contribution >= 4 is 39.2 Å². The first kappa shape index (κ1) is 14.0. The van der Waals surface area contributed by atoms with Crippen LogP contribution in [0.5, 0.6) is 0 Å². The smallest absolute Gasteiger partial charge is 0.354 e. The van der Waals surface area contributed by atoms with Crippen LogP contribution in [0.1, 0.15) is 16.2 Å². The molecule has 19 heavy (non-hydrogen) atoms. The molecule has 0 atom stereocenters. The number of benzene rings is 1. The fraction of sp³-hybridized carbons (Fsp3) is 0.154. The van der Waals surface area contributed by atoms with Crippen molar-refractivity contribution in [3.63, 3.8) is 0 Å². The molecule has 0 unspecified atom stereocenters. The summed E-state index contributed by atoms with van der Waals surface area (Å²) in [6.07, 6.45) is 0. The molecule has 0 aliphatic heterocycles. The Morgan fingerprint density at radius 1 is 1.42 bits per heavy atom.